The zero-order chi connectivity index (χ0) is 15.2. The first-order valence-electron chi connectivity index (χ1n) is 6.82. The zero-order valence-electron chi connectivity index (χ0n) is 12.3. The van der Waals surface area contributed by atoms with Gasteiger partial charge in [0, 0.05) is 39.4 Å². The fourth-order valence-electron chi connectivity index (χ4n) is 2.15. The van der Waals surface area contributed by atoms with Gasteiger partial charge in [-0.1, -0.05) is 5.16 Å². The van der Waals surface area contributed by atoms with Crippen molar-refractivity contribution in [2.24, 2.45) is 0 Å². The molecule has 1 fully saturated rings. The van der Waals surface area contributed by atoms with E-state index in [0.29, 0.717) is 38.5 Å². The number of carbonyl (C=O) groups excluding carboxylic acids is 2. The van der Waals surface area contributed by atoms with E-state index in [1.165, 1.54) is 7.11 Å². The Kier molecular flexibility index (Phi) is 5.15. The Morgan fingerprint density at radius 1 is 1.33 bits per heavy atom. The molecule has 8 heteroatoms. The molecule has 0 bridgehead atoms. The van der Waals surface area contributed by atoms with Crippen LogP contribution in [0.25, 0.3) is 0 Å². The maximum Gasteiger partial charge on any atom is 0.317 e. The van der Waals surface area contributed by atoms with Gasteiger partial charge in [-0.3, -0.25) is 4.79 Å². The van der Waals surface area contributed by atoms with E-state index in [4.69, 9.17) is 9.26 Å². The van der Waals surface area contributed by atoms with Crippen LogP contribution in [-0.2, 0) is 16.1 Å². The molecule has 2 heterocycles. The Morgan fingerprint density at radius 3 is 2.57 bits per heavy atom. The molecule has 1 aromatic rings. The molecule has 0 aliphatic carbocycles. The van der Waals surface area contributed by atoms with Gasteiger partial charge < -0.3 is 24.4 Å². The standard InChI is InChI=1S/C13H20N4O4/c1-10-7-11(21-15-10)8-14-13(19)17-5-3-16(4-6-17)12(18)9-20-2/h7H,3-6,8-9H2,1-2H3,(H,14,19). The molecule has 0 saturated carbocycles. The number of amides is 3. The van der Waals surface area contributed by atoms with Gasteiger partial charge in [-0.05, 0) is 6.92 Å². The maximum absolute atomic E-state index is 12.0. The van der Waals surface area contributed by atoms with Gasteiger partial charge in [-0.15, -0.1) is 0 Å². The number of rotatable bonds is 4. The molecule has 2 rings (SSSR count). The third-order valence-electron chi connectivity index (χ3n) is 3.28. The summed E-state index contributed by atoms with van der Waals surface area (Å²) in [6.07, 6.45) is 0. The molecule has 1 N–H and O–H groups in total. The average Bonchev–Trinajstić information content (AvgIpc) is 2.91. The van der Waals surface area contributed by atoms with Gasteiger partial charge in [0.05, 0.1) is 12.2 Å². The number of carbonyl (C=O) groups is 2. The largest absolute Gasteiger partial charge is 0.375 e. The van der Waals surface area contributed by atoms with Crippen LogP contribution in [0.5, 0.6) is 0 Å². The Hall–Kier alpha value is -2.09. The van der Waals surface area contributed by atoms with E-state index in [1.807, 2.05) is 6.92 Å². The lowest BCUT2D eigenvalue weighted by Gasteiger charge is -2.34. The van der Waals surface area contributed by atoms with E-state index in [2.05, 4.69) is 10.5 Å². The zero-order valence-corrected chi connectivity index (χ0v) is 12.3. The minimum absolute atomic E-state index is 0.0466. The molecule has 1 aromatic heterocycles. The van der Waals surface area contributed by atoms with Crippen molar-refractivity contribution in [2.45, 2.75) is 13.5 Å². The van der Waals surface area contributed by atoms with E-state index in [0.717, 1.165) is 5.69 Å². The number of hydrogen-bond donors (Lipinski definition) is 1. The first kappa shape index (κ1) is 15.3. The van der Waals surface area contributed by atoms with Crippen LogP contribution >= 0.6 is 0 Å². The topological polar surface area (TPSA) is 87.9 Å². The molecule has 1 saturated heterocycles. The second-order valence-corrected chi connectivity index (χ2v) is 4.89. The third-order valence-corrected chi connectivity index (χ3v) is 3.28. The summed E-state index contributed by atoms with van der Waals surface area (Å²) in [7, 11) is 1.49. The molecule has 0 spiro atoms. The van der Waals surface area contributed by atoms with E-state index in [-0.39, 0.29) is 18.5 Å². The van der Waals surface area contributed by atoms with E-state index < -0.39 is 0 Å². The molecule has 0 atom stereocenters. The van der Waals surface area contributed by atoms with Crippen molar-refractivity contribution in [1.29, 1.82) is 0 Å². The molecule has 1 aliphatic rings. The quantitative estimate of drug-likeness (QED) is 0.844. The van der Waals surface area contributed by atoms with Crippen molar-refractivity contribution in [3.05, 3.63) is 17.5 Å². The minimum atomic E-state index is -0.164. The van der Waals surface area contributed by atoms with Crippen LogP contribution < -0.4 is 5.32 Å². The van der Waals surface area contributed by atoms with E-state index in [9.17, 15) is 9.59 Å². The van der Waals surface area contributed by atoms with E-state index in [1.54, 1.807) is 15.9 Å². The van der Waals surface area contributed by atoms with Crippen LogP contribution in [0.4, 0.5) is 4.79 Å². The predicted octanol–water partition coefficient (Wildman–Crippen LogP) is -0.0168. The van der Waals surface area contributed by atoms with Crippen LogP contribution in [0.15, 0.2) is 10.6 Å². The maximum atomic E-state index is 12.0. The normalized spacial score (nSPS) is 15.1. The Balaban J connectivity index is 1.74. The number of hydrogen-bond acceptors (Lipinski definition) is 5. The van der Waals surface area contributed by atoms with Gasteiger partial charge in [0.15, 0.2) is 5.76 Å². The summed E-state index contributed by atoms with van der Waals surface area (Å²) in [5, 5.41) is 6.53. The first-order chi connectivity index (χ1) is 10.1. The van der Waals surface area contributed by atoms with Gasteiger partial charge in [-0.25, -0.2) is 4.79 Å². The monoisotopic (exact) mass is 296 g/mol. The van der Waals surface area contributed by atoms with Crippen LogP contribution in [0.3, 0.4) is 0 Å². The fourth-order valence-corrected chi connectivity index (χ4v) is 2.15. The number of piperazine rings is 1. The van der Waals surface area contributed by atoms with Crippen molar-refractivity contribution in [1.82, 2.24) is 20.3 Å². The highest BCUT2D eigenvalue weighted by Gasteiger charge is 2.23. The fraction of sp³-hybridized carbons (Fsp3) is 0.615. The molecule has 1 aliphatic heterocycles. The van der Waals surface area contributed by atoms with Crippen molar-refractivity contribution in [3.63, 3.8) is 0 Å². The summed E-state index contributed by atoms with van der Waals surface area (Å²) in [5.41, 5.74) is 0.782. The van der Waals surface area contributed by atoms with E-state index >= 15 is 0 Å². The van der Waals surface area contributed by atoms with Gasteiger partial charge in [-0.2, -0.15) is 0 Å². The molecule has 8 nitrogen and oxygen atoms in total. The van der Waals surface area contributed by atoms with Crippen LogP contribution in [0.1, 0.15) is 11.5 Å². The second-order valence-electron chi connectivity index (χ2n) is 4.89. The highest BCUT2D eigenvalue weighted by atomic mass is 16.5. The summed E-state index contributed by atoms with van der Waals surface area (Å²) in [5.74, 6) is 0.574. The summed E-state index contributed by atoms with van der Waals surface area (Å²) < 4.78 is 9.85. The molecule has 21 heavy (non-hydrogen) atoms. The molecule has 0 radical (unpaired) electrons. The average molecular weight is 296 g/mol. The van der Waals surface area contributed by atoms with Gasteiger partial charge >= 0.3 is 6.03 Å². The van der Waals surface area contributed by atoms with Crippen LogP contribution in [0, 0.1) is 6.92 Å². The summed E-state index contributed by atoms with van der Waals surface area (Å²) in [6.45, 7) is 4.28. The number of nitrogens with zero attached hydrogens (tertiary/aromatic N) is 3. The van der Waals surface area contributed by atoms with Crippen molar-refractivity contribution >= 4 is 11.9 Å². The molecule has 116 valence electrons. The predicted molar refractivity (Wildman–Crippen MR) is 73.5 cm³/mol. The second kappa shape index (κ2) is 7.07. The number of nitrogens with one attached hydrogen (secondary N) is 1. The molecular formula is C13H20N4O4. The molecule has 0 unspecified atom stereocenters. The Labute approximate surface area is 123 Å². The minimum Gasteiger partial charge on any atom is -0.375 e. The highest BCUT2D eigenvalue weighted by molar-refractivity contribution is 5.78. The van der Waals surface area contributed by atoms with Crippen LogP contribution in [0.2, 0.25) is 0 Å². The summed E-state index contributed by atoms with van der Waals surface area (Å²) in [6, 6.07) is 1.62. The first-order valence-corrected chi connectivity index (χ1v) is 6.82. The number of aryl methyl sites for hydroxylation is 1. The van der Waals surface area contributed by atoms with Gasteiger partial charge in [0.2, 0.25) is 5.91 Å². The lowest BCUT2D eigenvalue weighted by atomic mass is 10.3. The molecule has 0 aromatic carbocycles. The van der Waals surface area contributed by atoms with Crippen LogP contribution in [-0.4, -0.2) is 66.8 Å². The number of ether oxygens (including phenoxy) is 1. The third kappa shape index (κ3) is 4.19. The van der Waals surface area contributed by atoms with Crippen molar-refractivity contribution in [2.75, 3.05) is 39.9 Å². The number of methoxy groups -OCH3 is 1. The van der Waals surface area contributed by atoms with Gasteiger partial charge in [0.1, 0.15) is 6.61 Å². The Bertz CT molecular complexity index is 494. The lowest BCUT2D eigenvalue weighted by Crippen LogP contribution is -2.53. The molecule has 3 amide bonds. The smallest absolute Gasteiger partial charge is 0.317 e. The highest BCUT2D eigenvalue weighted by Crippen LogP contribution is 2.05. The van der Waals surface area contributed by atoms with Crippen molar-refractivity contribution < 1.29 is 18.8 Å². The lowest BCUT2D eigenvalue weighted by molar-refractivity contribution is -0.136. The molecular weight excluding hydrogens is 276 g/mol. The Morgan fingerprint density at radius 2 is 2.00 bits per heavy atom. The summed E-state index contributed by atoms with van der Waals surface area (Å²) >= 11 is 0. The van der Waals surface area contributed by atoms with Gasteiger partial charge in [0.25, 0.3) is 0 Å². The van der Waals surface area contributed by atoms with Crippen molar-refractivity contribution in [3.8, 4) is 0 Å². The summed E-state index contributed by atoms with van der Waals surface area (Å²) in [4.78, 5) is 27.0. The SMILES string of the molecule is COCC(=O)N1CCN(C(=O)NCc2cc(C)no2)CC1. The number of aromatic nitrogens is 1. The number of urea groups is 1.